The second-order valence-electron chi connectivity index (χ2n) is 6.80. The second-order valence-corrected chi connectivity index (χ2v) is 6.80. The van der Waals surface area contributed by atoms with Crippen LogP contribution in [0.3, 0.4) is 0 Å². The molecule has 32 heavy (non-hydrogen) atoms. The summed E-state index contributed by atoms with van der Waals surface area (Å²) in [5.41, 5.74) is -1.56. The van der Waals surface area contributed by atoms with E-state index in [2.05, 4.69) is 20.4 Å². The van der Waals surface area contributed by atoms with E-state index in [0.29, 0.717) is 17.3 Å². The Morgan fingerprint density at radius 3 is 2.50 bits per heavy atom. The van der Waals surface area contributed by atoms with Gasteiger partial charge in [-0.25, -0.2) is 4.52 Å². The molecule has 0 spiro atoms. The summed E-state index contributed by atoms with van der Waals surface area (Å²) in [5, 5.41) is 6.15. The van der Waals surface area contributed by atoms with Crippen molar-refractivity contribution >= 4 is 11.2 Å². The van der Waals surface area contributed by atoms with Crippen molar-refractivity contribution in [2.45, 2.75) is 18.4 Å². The standard InChI is InChI=1S/C20H13F6N5O/c21-19(22,23)16-9-12(5-7-27-16)30-18(20(24,25)26)13-10-29-31-14(2-1-3-15(13)31)11-4-6-28-17(32)8-11/h1-10,18H,(H,27,30)(H,28,32). The smallest absolute Gasteiger partial charge is 0.370 e. The Labute approximate surface area is 175 Å². The van der Waals surface area contributed by atoms with Crippen LogP contribution in [0.15, 0.2) is 65.8 Å². The number of pyridine rings is 3. The lowest BCUT2D eigenvalue weighted by molar-refractivity contribution is -0.143. The first-order valence-electron chi connectivity index (χ1n) is 9.06. The van der Waals surface area contributed by atoms with Crippen LogP contribution in [0, 0.1) is 0 Å². The number of hydrogen-bond acceptors (Lipinski definition) is 4. The fraction of sp³-hybridized carbons (Fsp3) is 0.150. The molecule has 4 aromatic rings. The Morgan fingerprint density at radius 1 is 1.03 bits per heavy atom. The Morgan fingerprint density at radius 2 is 1.81 bits per heavy atom. The van der Waals surface area contributed by atoms with E-state index < -0.39 is 35.3 Å². The largest absolute Gasteiger partial charge is 0.433 e. The maximum absolute atomic E-state index is 13.9. The van der Waals surface area contributed by atoms with Crippen molar-refractivity contribution in [2.24, 2.45) is 0 Å². The zero-order valence-corrected chi connectivity index (χ0v) is 15.9. The van der Waals surface area contributed by atoms with Gasteiger partial charge in [0.25, 0.3) is 0 Å². The third kappa shape index (κ3) is 4.15. The molecule has 0 aliphatic rings. The molecule has 0 saturated carbocycles. The van der Waals surface area contributed by atoms with Crippen LogP contribution in [0.2, 0.25) is 0 Å². The van der Waals surface area contributed by atoms with E-state index in [1.807, 2.05) is 0 Å². The molecule has 12 heteroatoms. The fourth-order valence-corrected chi connectivity index (χ4v) is 3.25. The van der Waals surface area contributed by atoms with Crippen LogP contribution in [0.4, 0.5) is 32.0 Å². The molecular formula is C20H13F6N5O. The van der Waals surface area contributed by atoms with Crippen molar-refractivity contribution in [3.05, 3.63) is 82.7 Å². The van der Waals surface area contributed by atoms with Crippen LogP contribution in [0.5, 0.6) is 0 Å². The molecule has 4 aromatic heterocycles. The Bertz CT molecular complexity index is 1320. The minimum Gasteiger partial charge on any atom is -0.370 e. The van der Waals surface area contributed by atoms with Crippen molar-refractivity contribution in [2.75, 3.05) is 5.32 Å². The molecule has 2 N–H and O–H groups in total. The minimum atomic E-state index is -4.86. The van der Waals surface area contributed by atoms with Gasteiger partial charge in [0.2, 0.25) is 5.56 Å². The van der Waals surface area contributed by atoms with E-state index in [0.717, 1.165) is 18.5 Å². The minimum absolute atomic E-state index is 0.0720. The predicted octanol–water partition coefficient (Wildman–Crippen LogP) is 4.82. The molecule has 0 fully saturated rings. The molecule has 0 bridgehead atoms. The topological polar surface area (TPSA) is 75.1 Å². The Balaban J connectivity index is 1.80. The van der Waals surface area contributed by atoms with Crippen LogP contribution in [-0.2, 0) is 6.18 Å². The van der Waals surface area contributed by atoms with Crippen molar-refractivity contribution in [1.82, 2.24) is 19.6 Å². The van der Waals surface area contributed by atoms with Gasteiger partial charge in [-0.05, 0) is 30.3 Å². The van der Waals surface area contributed by atoms with Crippen LogP contribution in [0.1, 0.15) is 17.3 Å². The highest BCUT2D eigenvalue weighted by Gasteiger charge is 2.43. The van der Waals surface area contributed by atoms with Gasteiger partial charge in [0.1, 0.15) is 5.69 Å². The molecule has 0 amide bonds. The van der Waals surface area contributed by atoms with Crippen molar-refractivity contribution in [1.29, 1.82) is 0 Å². The fourth-order valence-electron chi connectivity index (χ4n) is 3.25. The normalized spacial score (nSPS) is 13.3. The molecule has 0 saturated heterocycles. The van der Waals surface area contributed by atoms with Gasteiger partial charge in [-0.1, -0.05) is 6.07 Å². The van der Waals surface area contributed by atoms with Gasteiger partial charge in [-0.2, -0.15) is 31.4 Å². The summed E-state index contributed by atoms with van der Waals surface area (Å²) >= 11 is 0. The zero-order chi connectivity index (χ0) is 23.1. The average Bonchev–Trinajstić information content (AvgIpc) is 3.14. The Kier molecular flexibility index (Phi) is 5.15. The van der Waals surface area contributed by atoms with Gasteiger partial charge in [0, 0.05) is 35.3 Å². The molecule has 0 aliphatic carbocycles. The van der Waals surface area contributed by atoms with Crippen molar-refractivity contribution in [3.8, 4) is 11.3 Å². The van der Waals surface area contributed by atoms with Crippen LogP contribution >= 0.6 is 0 Å². The molecule has 0 aliphatic heterocycles. The van der Waals surface area contributed by atoms with E-state index in [9.17, 15) is 31.1 Å². The van der Waals surface area contributed by atoms with E-state index in [1.54, 1.807) is 12.1 Å². The first-order chi connectivity index (χ1) is 15.0. The number of hydrogen-bond donors (Lipinski definition) is 2. The number of halogens is 6. The van der Waals surface area contributed by atoms with Crippen LogP contribution in [0.25, 0.3) is 16.8 Å². The summed E-state index contributed by atoms with van der Waals surface area (Å²) in [6, 6.07) is 6.47. The summed E-state index contributed by atoms with van der Waals surface area (Å²) in [7, 11) is 0. The number of nitrogens with one attached hydrogen (secondary N) is 2. The van der Waals surface area contributed by atoms with E-state index in [-0.39, 0.29) is 11.1 Å². The van der Waals surface area contributed by atoms with E-state index in [4.69, 9.17) is 0 Å². The maximum atomic E-state index is 13.9. The number of anilines is 1. The number of H-pyrrole nitrogens is 1. The highest BCUT2D eigenvalue weighted by atomic mass is 19.4. The van der Waals surface area contributed by atoms with E-state index >= 15 is 0 Å². The lowest BCUT2D eigenvalue weighted by Crippen LogP contribution is -2.28. The lowest BCUT2D eigenvalue weighted by atomic mass is 10.1. The number of aromatic amines is 1. The first-order valence-corrected chi connectivity index (χ1v) is 9.06. The number of fused-ring (bicyclic) bond motifs is 1. The maximum Gasteiger partial charge on any atom is 0.433 e. The predicted molar refractivity (Wildman–Crippen MR) is 103 cm³/mol. The molecule has 1 atom stereocenters. The molecule has 1 unspecified atom stereocenters. The summed E-state index contributed by atoms with van der Waals surface area (Å²) in [6.07, 6.45) is -6.51. The first kappa shape index (κ1) is 21.4. The molecule has 4 rings (SSSR count). The van der Waals surface area contributed by atoms with Gasteiger partial charge in [0.05, 0.1) is 17.4 Å². The lowest BCUT2D eigenvalue weighted by Gasteiger charge is -2.22. The average molecular weight is 453 g/mol. The molecule has 6 nitrogen and oxygen atoms in total. The summed E-state index contributed by atoms with van der Waals surface area (Å²) in [5.74, 6) is 0. The third-order valence-electron chi connectivity index (χ3n) is 4.64. The number of nitrogens with zero attached hydrogens (tertiary/aromatic N) is 3. The number of alkyl halides is 6. The Hall–Kier alpha value is -3.83. The van der Waals surface area contributed by atoms with Crippen molar-refractivity contribution < 1.29 is 26.3 Å². The number of rotatable bonds is 4. The van der Waals surface area contributed by atoms with Gasteiger partial charge in [-0.3, -0.25) is 9.78 Å². The number of aromatic nitrogens is 4. The third-order valence-corrected chi connectivity index (χ3v) is 4.64. The monoisotopic (exact) mass is 453 g/mol. The van der Waals surface area contributed by atoms with Gasteiger partial charge in [0.15, 0.2) is 6.04 Å². The highest BCUT2D eigenvalue weighted by molar-refractivity contribution is 5.67. The highest BCUT2D eigenvalue weighted by Crippen LogP contribution is 2.39. The zero-order valence-electron chi connectivity index (χ0n) is 15.9. The molecule has 0 aromatic carbocycles. The second kappa shape index (κ2) is 7.70. The van der Waals surface area contributed by atoms with Crippen LogP contribution < -0.4 is 10.9 Å². The molecule has 166 valence electrons. The quantitative estimate of drug-likeness (QED) is 0.435. The van der Waals surface area contributed by atoms with Crippen LogP contribution in [-0.4, -0.2) is 25.8 Å². The molecule has 4 heterocycles. The molecular weight excluding hydrogens is 440 g/mol. The summed E-state index contributed by atoms with van der Waals surface area (Å²) in [4.78, 5) is 17.2. The molecule has 0 radical (unpaired) electrons. The van der Waals surface area contributed by atoms with Gasteiger partial charge < -0.3 is 10.3 Å². The summed E-state index contributed by atoms with van der Waals surface area (Å²) < 4.78 is 81.7. The van der Waals surface area contributed by atoms with Crippen molar-refractivity contribution in [3.63, 3.8) is 0 Å². The summed E-state index contributed by atoms with van der Waals surface area (Å²) in [6.45, 7) is 0. The van der Waals surface area contributed by atoms with Gasteiger partial charge in [-0.15, -0.1) is 0 Å². The SMILES string of the molecule is O=c1cc(-c2cccc3c(C(Nc4ccnc(C(F)(F)F)c4)C(F)(F)F)cnn23)cc[nH]1. The van der Waals surface area contributed by atoms with Gasteiger partial charge >= 0.3 is 12.4 Å². The van der Waals surface area contributed by atoms with E-state index in [1.165, 1.54) is 28.9 Å².